The first kappa shape index (κ1) is 24.3. The van der Waals surface area contributed by atoms with Crippen molar-refractivity contribution in [2.24, 2.45) is 0 Å². The summed E-state index contributed by atoms with van der Waals surface area (Å²) >= 11 is 0. The first-order valence-corrected chi connectivity index (χ1v) is 6.23. The van der Waals surface area contributed by atoms with Crippen LogP contribution in [-0.4, -0.2) is 0 Å². The number of hydrogen-bond donors (Lipinski definition) is 0. The van der Waals surface area contributed by atoms with Gasteiger partial charge < -0.3 is 0 Å². The summed E-state index contributed by atoms with van der Waals surface area (Å²) in [5, 5.41) is 0. The first-order valence-electron chi connectivity index (χ1n) is 6.23. The summed E-state index contributed by atoms with van der Waals surface area (Å²) in [6.07, 6.45) is 3.73. The summed E-state index contributed by atoms with van der Waals surface area (Å²) < 4.78 is 0. The molecular formula is C16H32. The van der Waals surface area contributed by atoms with Gasteiger partial charge >= 0.3 is 0 Å². The van der Waals surface area contributed by atoms with Crippen LogP contribution in [0.4, 0.5) is 0 Å². The molecule has 0 atom stereocenters. The molecule has 0 saturated heterocycles. The summed E-state index contributed by atoms with van der Waals surface area (Å²) in [5.41, 5.74) is 3.13. The molecule has 0 fully saturated rings. The van der Waals surface area contributed by atoms with E-state index < -0.39 is 0 Å². The highest BCUT2D eigenvalue weighted by atomic mass is 13.9. The predicted molar refractivity (Wildman–Crippen MR) is 82.0 cm³/mol. The largest absolute Gasteiger partial charge is 0.0985 e. The van der Waals surface area contributed by atoms with Gasteiger partial charge in [0.15, 0.2) is 0 Å². The summed E-state index contributed by atoms with van der Waals surface area (Å²) in [7, 11) is 0. The fourth-order valence-corrected chi connectivity index (χ4v) is 0.623. The third kappa shape index (κ3) is 23.1. The quantitative estimate of drug-likeness (QED) is 0.491. The molecule has 0 aliphatic carbocycles. The normalized spacial score (nSPS) is 7.88. The molecule has 16 heavy (non-hydrogen) atoms. The maximum atomic E-state index is 3.80. The van der Waals surface area contributed by atoms with E-state index in [0.717, 1.165) is 16.7 Å². The monoisotopic (exact) mass is 224 g/mol. The zero-order valence-corrected chi connectivity index (χ0v) is 12.8. The highest BCUT2D eigenvalue weighted by Crippen LogP contribution is 2.09. The van der Waals surface area contributed by atoms with Gasteiger partial charge in [-0.05, 0) is 25.0 Å². The summed E-state index contributed by atoms with van der Waals surface area (Å²) in [6.45, 7) is 27.1. The zero-order chi connectivity index (χ0) is 14.1. The third-order valence-corrected chi connectivity index (χ3v) is 1.22. The van der Waals surface area contributed by atoms with Crippen molar-refractivity contribution in [3.8, 4) is 0 Å². The van der Waals surface area contributed by atoms with Crippen molar-refractivity contribution in [3.05, 3.63) is 48.6 Å². The van der Waals surface area contributed by atoms with E-state index in [1.54, 1.807) is 6.08 Å². The molecular weight excluding hydrogens is 192 g/mol. The highest BCUT2D eigenvalue weighted by molar-refractivity contribution is 5.38. The van der Waals surface area contributed by atoms with Gasteiger partial charge in [0, 0.05) is 0 Å². The van der Waals surface area contributed by atoms with E-state index in [-0.39, 0.29) is 0 Å². The van der Waals surface area contributed by atoms with Crippen molar-refractivity contribution in [1.82, 2.24) is 0 Å². The second-order valence-electron chi connectivity index (χ2n) is 2.40. The Morgan fingerprint density at radius 2 is 1.12 bits per heavy atom. The van der Waals surface area contributed by atoms with Crippen LogP contribution in [0.5, 0.6) is 0 Å². The maximum Gasteiger partial charge on any atom is -0.0305 e. The van der Waals surface area contributed by atoms with Crippen LogP contribution in [-0.2, 0) is 0 Å². The van der Waals surface area contributed by atoms with E-state index in [9.17, 15) is 0 Å². The van der Waals surface area contributed by atoms with Crippen LogP contribution >= 0.6 is 0 Å². The summed E-state index contributed by atoms with van der Waals surface area (Å²) in [5.74, 6) is 0. The molecule has 0 heterocycles. The number of rotatable bonds is 3. The fraction of sp³-hybridized carbons (Fsp3) is 0.500. The average molecular weight is 224 g/mol. The van der Waals surface area contributed by atoms with Gasteiger partial charge in [-0.2, -0.15) is 0 Å². The molecule has 0 aromatic heterocycles. The topological polar surface area (TPSA) is 0 Å². The molecule has 0 rings (SSSR count). The van der Waals surface area contributed by atoms with Crippen molar-refractivity contribution in [2.45, 2.75) is 55.4 Å². The Balaban J connectivity index is -0.000000103. The van der Waals surface area contributed by atoms with Crippen molar-refractivity contribution in [2.75, 3.05) is 0 Å². The van der Waals surface area contributed by atoms with E-state index in [1.807, 2.05) is 61.5 Å². The molecule has 0 saturated carbocycles. The second kappa shape index (κ2) is 23.6. The molecule has 0 amide bonds. The van der Waals surface area contributed by atoms with Crippen LogP contribution in [0.2, 0.25) is 0 Å². The van der Waals surface area contributed by atoms with Crippen LogP contribution in [0.3, 0.4) is 0 Å². The molecule has 0 spiro atoms. The minimum absolute atomic E-state index is 0.961. The second-order valence-corrected chi connectivity index (χ2v) is 2.40. The van der Waals surface area contributed by atoms with Gasteiger partial charge in [0.1, 0.15) is 0 Å². The lowest BCUT2D eigenvalue weighted by atomic mass is 10.1. The molecule has 0 heteroatoms. The standard InChI is InChI=1S/C10H14.3C2H6/c1-6-9(4)10(5)7-8(2)3;3*1-2/h6-7H,1-2,4H2,3,5H3;3*1-2H3/b10-7-;;;. The average Bonchev–Trinajstić information content (AvgIpc) is 2.34. The SMILES string of the molecule is C=CC(=C)/C(C)=C\C(=C)C.CC.CC.CC. The molecule has 0 bridgehead atoms. The van der Waals surface area contributed by atoms with Gasteiger partial charge in [-0.15, -0.1) is 0 Å². The first-order chi connectivity index (χ1) is 7.57. The van der Waals surface area contributed by atoms with Crippen LogP contribution in [0.1, 0.15) is 55.4 Å². The molecule has 0 nitrogen and oxygen atoms in total. The highest BCUT2D eigenvalue weighted by Gasteiger charge is 1.88. The summed E-state index contributed by atoms with van der Waals surface area (Å²) in [4.78, 5) is 0. The van der Waals surface area contributed by atoms with E-state index in [2.05, 4.69) is 19.7 Å². The smallest absolute Gasteiger partial charge is 0.0305 e. The predicted octanol–water partition coefficient (Wildman–Crippen LogP) is 6.33. The van der Waals surface area contributed by atoms with Crippen LogP contribution in [0.15, 0.2) is 48.6 Å². The minimum atomic E-state index is 0.961. The number of hydrogen-bond acceptors (Lipinski definition) is 0. The van der Waals surface area contributed by atoms with E-state index in [4.69, 9.17) is 0 Å². The van der Waals surface area contributed by atoms with Gasteiger partial charge in [-0.25, -0.2) is 0 Å². The van der Waals surface area contributed by atoms with Gasteiger partial charge in [-0.1, -0.05) is 79.0 Å². The molecule has 0 unspecified atom stereocenters. The molecule has 0 aromatic carbocycles. The molecule has 0 radical (unpaired) electrons. The molecule has 0 aliphatic heterocycles. The lowest BCUT2D eigenvalue weighted by molar-refractivity contribution is 1.40. The Kier molecular flexibility index (Phi) is 35.9. The Hall–Kier alpha value is -1.04. The third-order valence-electron chi connectivity index (χ3n) is 1.22. The molecule has 0 aromatic rings. The van der Waals surface area contributed by atoms with Gasteiger partial charge in [-0.3, -0.25) is 0 Å². The van der Waals surface area contributed by atoms with Crippen molar-refractivity contribution >= 4 is 0 Å². The van der Waals surface area contributed by atoms with Gasteiger partial charge in [0.2, 0.25) is 0 Å². The van der Waals surface area contributed by atoms with E-state index >= 15 is 0 Å². The maximum absolute atomic E-state index is 3.80. The van der Waals surface area contributed by atoms with E-state index in [0.29, 0.717) is 0 Å². The van der Waals surface area contributed by atoms with Crippen molar-refractivity contribution in [1.29, 1.82) is 0 Å². The van der Waals surface area contributed by atoms with Crippen LogP contribution in [0.25, 0.3) is 0 Å². The number of allylic oxidation sites excluding steroid dienone is 5. The zero-order valence-electron chi connectivity index (χ0n) is 12.8. The fourth-order valence-electron chi connectivity index (χ4n) is 0.623. The summed E-state index contributed by atoms with van der Waals surface area (Å²) in [6, 6.07) is 0. The van der Waals surface area contributed by atoms with Crippen molar-refractivity contribution in [3.63, 3.8) is 0 Å². The minimum Gasteiger partial charge on any atom is -0.0985 e. The van der Waals surface area contributed by atoms with Gasteiger partial charge in [0.05, 0.1) is 0 Å². The molecule has 0 aliphatic rings. The van der Waals surface area contributed by atoms with Crippen molar-refractivity contribution < 1.29 is 0 Å². The Bertz CT molecular complexity index is 192. The Morgan fingerprint density at radius 3 is 1.31 bits per heavy atom. The lowest BCUT2D eigenvalue weighted by Gasteiger charge is -1.97. The lowest BCUT2D eigenvalue weighted by Crippen LogP contribution is -1.77. The Morgan fingerprint density at radius 1 is 0.812 bits per heavy atom. The Labute approximate surface area is 104 Å². The molecule has 0 N–H and O–H groups in total. The van der Waals surface area contributed by atoms with Crippen LogP contribution < -0.4 is 0 Å². The van der Waals surface area contributed by atoms with Crippen LogP contribution in [0, 0.1) is 0 Å². The van der Waals surface area contributed by atoms with E-state index in [1.165, 1.54) is 0 Å². The molecule has 96 valence electrons. The van der Waals surface area contributed by atoms with Gasteiger partial charge in [0.25, 0.3) is 0 Å².